The van der Waals surface area contributed by atoms with Crippen LogP contribution >= 0.6 is 11.6 Å². The topological polar surface area (TPSA) is 71.3 Å². The van der Waals surface area contributed by atoms with Crippen molar-refractivity contribution in [2.45, 2.75) is 6.92 Å². The molecule has 2 heterocycles. The molecular formula is C15H11ClN2O3. The van der Waals surface area contributed by atoms with Crippen molar-refractivity contribution in [1.29, 1.82) is 0 Å². The smallest absolute Gasteiger partial charge is 0.326 e. The zero-order valence-electron chi connectivity index (χ0n) is 11.1. The van der Waals surface area contributed by atoms with Gasteiger partial charge in [0.15, 0.2) is 0 Å². The van der Waals surface area contributed by atoms with Crippen LogP contribution in [0, 0.1) is 6.92 Å². The number of halogens is 1. The van der Waals surface area contributed by atoms with Gasteiger partial charge in [0.25, 0.3) is 5.91 Å². The van der Waals surface area contributed by atoms with Gasteiger partial charge in [0.2, 0.25) is 0 Å². The maximum Gasteiger partial charge on any atom is 0.326 e. The predicted octanol–water partition coefficient (Wildman–Crippen LogP) is 3.09. The number of hydrogen-bond acceptors (Lipinski definition) is 3. The standard InChI is InChI=1S/C15H11ClN2O3/c1-8-2-3-9(16)6-11(8)13-5-4-10(21-13)7-12-14(19)18-15(20)17-12/h2-7H,1H3,(H2,17,18,19,20)/b12-7-. The van der Waals surface area contributed by atoms with Gasteiger partial charge in [-0.2, -0.15) is 0 Å². The van der Waals surface area contributed by atoms with Crippen LogP contribution in [-0.4, -0.2) is 11.9 Å². The number of imide groups is 1. The molecule has 0 unspecified atom stereocenters. The van der Waals surface area contributed by atoms with Gasteiger partial charge in [0.1, 0.15) is 17.2 Å². The van der Waals surface area contributed by atoms with Gasteiger partial charge in [-0.3, -0.25) is 10.1 Å². The first-order valence-corrected chi connectivity index (χ1v) is 6.61. The van der Waals surface area contributed by atoms with Crippen molar-refractivity contribution in [2.75, 3.05) is 0 Å². The monoisotopic (exact) mass is 302 g/mol. The number of carbonyl (C=O) groups excluding carboxylic acids is 2. The number of amides is 3. The Morgan fingerprint density at radius 2 is 1.95 bits per heavy atom. The Balaban J connectivity index is 1.94. The Bertz CT molecular complexity index is 777. The third-order valence-corrected chi connectivity index (χ3v) is 3.33. The van der Waals surface area contributed by atoms with Crippen LogP contribution in [-0.2, 0) is 4.79 Å². The van der Waals surface area contributed by atoms with Crippen molar-refractivity contribution in [3.05, 3.63) is 52.4 Å². The second-order valence-corrected chi connectivity index (χ2v) is 5.06. The molecule has 0 saturated carbocycles. The summed E-state index contributed by atoms with van der Waals surface area (Å²) in [4.78, 5) is 22.5. The molecular weight excluding hydrogens is 292 g/mol. The summed E-state index contributed by atoms with van der Waals surface area (Å²) < 4.78 is 5.68. The summed E-state index contributed by atoms with van der Waals surface area (Å²) in [5.41, 5.74) is 2.07. The van der Waals surface area contributed by atoms with E-state index >= 15 is 0 Å². The summed E-state index contributed by atoms with van der Waals surface area (Å²) in [6.45, 7) is 1.96. The fourth-order valence-corrected chi connectivity index (χ4v) is 2.23. The average Bonchev–Trinajstić information content (AvgIpc) is 3.00. The van der Waals surface area contributed by atoms with E-state index in [9.17, 15) is 9.59 Å². The Labute approximate surface area is 125 Å². The van der Waals surface area contributed by atoms with Crippen LogP contribution in [0.4, 0.5) is 4.79 Å². The minimum atomic E-state index is -0.538. The van der Waals surface area contributed by atoms with Gasteiger partial charge >= 0.3 is 6.03 Å². The maximum atomic E-state index is 11.4. The molecule has 21 heavy (non-hydrogen) atoms. The lowest BCUT2D eigenvalue weighted by atomic mass is 10.1. The molecule has 0 atom stereocenters. The van der Waals surface area contributed by atoms with Crippen LogP contribution in [0.15, 0.2) is 40.4 Å². The van der Waals surface area contributed by atoms with Gasteiger partial charge in [-0.1, -0.05) is 17.7 Å². The third-order valence-electron chi connectivity index (χ3n) is 3.10. The fourth-order valence-electron chi connectivity index (χ4n) is 2.06. The quantitative estimate of drug-likeness (QED) is 0.661. The summed E-state index contributed by atoms with van der Waals surface area (Å²) in [6, 6.07) is 8.51. The number of benzene rings is 1. The van der Waals surface area contributed by atoms with Gasteiger partial charge in [-0.05, 0) is 36.8 Å². The minimum Gasteiger partial charge on any atom is -0.457 e. The van der Waals surface area contributed by atoms with Crippen LogP contribution in [0.3, 0.4) is 0 Å². The van der Waals surface area contributed by atoms with Gasteiger partial charge in [-0.25, -0.2) is 4.79 Å². The number of nitrogens with one attached hydrogen (secondary N) is 2. The number of carbonyl (C=O) groups is 2. The van der Waals surface area contributed by atoms with Crippen LogP contribution in [0.25, 0.3) is 17.4 Å². The highest BCUT2D eigenvalue weighted by molar-refractivity contribution is 6.30. The summed E-state index contributed by atoms with van der Waals surface area (Å²) in [5.74, 6) is 0.639. The van der Waals surface area contributed by atoms with Gasteiger partial charge in [0.05, 0.1) is 0 Å². The van der Waals surface area contributed by atoms with Crippen molar-refractivity contribution < 1.29 is 14.0 Å². The van der Waals surface area contributed by atoms with Gasteiger partial charge < -0.3 is 9.73 Å². The predicted molar refractivity (Wildman–Crippen MR) is 78.5 cm³/mol. The normalized spacial score (nSPS) is 16.2. The van der Waals surface area contributed by atoms with E-state index in [-0.39, 0.29) is 5.70 Å². The molecule has 2 N–H and O–H groups in total. The Kier molecular flexibility index (Phi) is 3.27. The van der Waals surface area contributed by atoms with Gasteiger partial charge in [-0.15, -0.1) is 0 Å². The second kappa shape index (κ2) is 5.10. The van der Waals surface area contributed by atoms with Gasteiger partial charge in [0, 0.05) is 16.7 Å². The van der Waals surface area contributed by atoms with Crippen molar-refractivity contribution in [2.24, 2.45) is 0 Å². The molecule has 1 aliphatic heterocycles. The van der Waals surface area contributed by atoms with Crippen LogP contribution in [0.1, 0.15) is 11.3 Å². The van der Waals surface area contributed by atoms with Crippen molar-refractivity contribution >= 4 is 29.6 Å². The molecule has 1 fully saturated rings. The largest absolute Gasteiger partial charge is 0.457 e. The minimum absolute atomic E-state index is 0.156. The average molecular weight is 303 g/mol. The Morgan fingerprint density at radius 1 is 1.14 bits per heavy atom. The van der Waals surface area contributed by atoms with Crippen molar-refractivity contribution in [3.63, 3.8) is 0 Å². The molecule has 3 rings (SSSR count). The maximum absolute atomic E-state index is 11.4. The molecule has 1 aliphatic rings. The Hall–Kier alpha value is -2.53. The van der Waals surface area contributed by atoms with Crippen LogP contribution < -0.4 is 10.6 Å². The molecule has 106 valence electrons. The first-order chi connectivity index (χ1) is 10.0. The van der Waals surface area contributed by atoms with E-state index in [0.717, 1.165) is 11.1 Å². The summed E-state index contributed by atoms with van der Waals surface area (Å²) in [7, 11) is 0. The number of urea groups is 1. The third kappa shape index (κ3) is 2.68. The first kappa shape index (κ1) is 13.5. The number of aryl methyl sites for hydroxylation is 1. The van der Waals surface area contributed by atoms with E-state index in [1.165, 1.54) is 6.08 Å². The second-order valence-electron chi connectivity index (χ2n) is 4.63. The molecule has 3 amide bonds. The molecule has 0 aliphatic carbocycles. The summed E-state index contributed by atoms with van der Waals surface area (Å²) in [6.07, 6.45) is 1.48. The summed E-state index contributed by atoms with van der Waals surface area (Å²) in [5, 5.41) is 5.15. The van der Waals surface area contributed by atoms with Crippen LogP contribution in [0.5, 0.6) is 0 Å². The number of furan rings is 1. The zero-order valence-corrected chi connectivity index (χ0v) is 11.8. The van der Waals surface area contributed by atoms with E-state index in [4.69, 9.17) is 16.0 Å². The lowest BCUT2D eigenvalue weighted by Gasteiger charge is -2.02. The first-order valence-electron chi connectivity index (χ1n) is 6.23. The van der Waals surface area contributed by atoms with E-state index in [0.29, 0.717) is 16.5 Å². The fraction of sp³-hybridized carbons (Fsp3) is 0.0667. The molecule has 1 aromatic carbocycles. The highest BCUT2D eigenvalue weighted by Crippen LogP contribution is 2.28. The highest BCUT2D eigenvalue weighted by atomic mass is 35.5. The van der Waals surface area contributed by atoms with Crippen LogP contribution in [0.2, 0.25) is 5.02 Å². The molecule has 6 heteroatoms. The zero-order chi connectivity index (χ0) is 15.0. The molecule has 1 saturated heterocycles. The molecule has 1 aromatic heterocycles. The van der Waals surface area contributed by atoms with E-state index in [2.05, 4.69) is 10.6 Å². The molecule has 0 spiro atoms. The number of hydrogen-bond donors (Lipinski definition) is 2. The van der Waals surface area contributed by atoms with Crippen molar-refractivity contribution in [3.8, 4) is 11.3 Å². The Morgan fingerprint density at radius 3 is 2.67 bits per heavy atom. The van der Waals surface area contributed by atoms with E-state index in [1.54, 1.807) is 12.1 Å². The lowest BCUT2D eigenvalue weighted by Crippen LogP contribution is -2.22. The van der Waals surface area contributed by atoms with E-state index < -0.39 is 11.9 Å². The molecule has 0 bridgehead atoms. The summed E-state index contributed by atoms with van der Waals surface area (Å²) >= 11 is 5.99. The SMILES string of the molecule is Cc1ccc(Cl)cc1-c1ccc(/C=C2\NC(=O)NC2=O)o1. The molecule has 5 nitrogen and oxygen atoms in total. The lowest BCUT2D eigenvalue weighted by molar-refractivity contribution is -0.115. The molecule has 2 aromatic rings. The van der Waals surface area contributed by atoms with Crippen molar-refractivity contribution in [1.82, 2.24) is 10.6 Å². The molecule has 0 radical (unpaired) electrons. The highest BCUT2D eigenvalue weighted by Gasteiger charge is 2.23. The number of rotatable bonds is 2. The van der Waals surface area contributed by atoms with E-state index in [1.807, 2.05) is 25.1 Å².